The van der Waals surface area contributed by atoms with Gasteiger partial charge in [0.1, 0.15) is 0 Å². The molecule has 0 aliphatic rings. The first kappa shape index (κ1) is 21.8. The largest absolute Gasteiger partial charge is 0.232 e. The van der Waals surface area contributed by atoms with Gasteiger partial charge < -0.3 is 0 Å². The summed E-state index contributed by atoms with van der Waals surface area (Å²) in [4.78, 5) is 0. The van der Waals surface area contributed by atoms with E-state index in [2.05, 4.69) is 0 Å². The van der Waals surface area contributed by atoms with Crippen molar-refractivity contribution in [2.24, 2.45) is 0 Å². The number of hydrogen-bond acceptors (Lipinski definition) is 1. The highest BCUT2D eigenvalue weighted by molar-refractivity contribution is 6.42. The summed E-state index contributed by atoms with van der Waals surface area (Å²) in [5.74, 6) is 0. The van der Waals surface area contributed by atoms with Crippen LogP contribution in [0.2, 0.25) is 30.1 Å². The van der Waals surface area contributed by atoms with Gasteiger partial charge in [-0.05, 0) is 49.4 Å². The first-order valence-corrected chi connectivity index (χ1v) is 11.0. The van der Waals surface area contributed by atoms with Crippen molar-refractivity contribution in [2.45, 2.75) is 6.92 Å². The Morgan fingerprint density at radius 1 is 0.633 bits per heavy atom. The predicted octanol–water partition coefficient (Wildman–Crippen LogP) is 9.44. The number of benzene rings is 3. The highest BCUT2D eigenvalue weighted by Crippen LogP contribution is 2.38. The number of nitrogens with zero attached hydrogens (tertiary/aromatic N) is 2. The van der Waals surface area contributed by atoms with Gasteiger partial charge in [-0.1, -0.05) is 81.7 Å². The Morgan fingerprint density at radius 2 is 1.17 bits per heavy atom. The van der Waals surface area contributed by atoms with E-state index in [1.165, 1.54) is 0 Å². The average Bonchev–Trinajstić information content (AvgIpc) is 3.03. The topological polar surface area (TPSA) is 17.8 Å². The SMILES string of the molecule is Cc1c(-c2ccc(Cl)c(Cl)c2)nn(-c2cc(Cl)cc(Cl)c2)c1-c1ccc(Cl)c(Cl)c1. The molecular formula is C22H12Cl6N2. The molecule has 0 amide bonds. The summed E-state index contributed by atoms with van der Waals surface area (Å²) in [6.07, 6.45) is 0. The van der Waals surface area contributed by atoms with E-state index in [1.807, 2.05) is 19.1 Å². The average molecular weight is 517 g/mol. The van der Waals surface area contributed by atoms with E-state index in [-0.39, 0.29) is 0 Å². The standard InChI is InChI=1S/C22H12Cl6N2/c1-11-21(12-2-4-17(25)19(27)6-12)29-30(16-9-14(23)8-15(24)10-16)22(11)13-3-5-18(26)20(28)7-13/h2-10H,1H3. The van der Waals surface area contributed by atoms with Crippen LogP contribution < -0.4 is 0 Å². The summed E-state index contributed by atoms with van der Waals surface area (Å²) < 4.78 is 1.78. The van der Waals surface area contributed by atoms with Crippen LogP contribution in [-0.4, -0.2) is 9.78 Å². The Kier molecular flexibility index (Phi) is 6.28. The summed E-state index contributed by atoms with van der Waals surface area (Å²) in [6, 6.07) is 16.1. The van der Waals surface area contributed by atoms with Crippen LogP contribution in [0.3, 0.4) is 0 Å². The molecule has 0 aliphatic heterocycles. The highest BCUT2D eigenvalue weighted by atomic mass is 35.5. The summed E-state index contributed by atoms with van der Waals surface area (Å²) in [6.45, 7) is 1.98. The van der Waals surface area contributed by atoms with Crippen molar-refractivity contribution in [3.05, 3.63) is 90.3 Å². The third-order valence-electron chi connectivity index (χ3n) is 4.60. The van der Waals surface area contributed by atoms with E-state index in [0.29, 0.717) is 35.8 Å². The molecule has 0 atom stereocenters. The Morgan fingerprint density at radius 3 is 1.73 bits per heavy atom. The number of aromatic nitrogens is 2. The second-order valence-corrected chi connectivity index (χ2v) is 9.12. The Labute approximate surface area is 203 Å². The van der Waals surface area contributed by atoms with E-state index >= 15 is 0 Å². The van der Waals surface area contributed by atoms with Crippen LogP contribution in [0.25, 0.3) is 28.2 Å². The molecule has 152 valence electrons. The van der Waals surface area contributed by atoms with Crippen molar-refractivity contribution in [2.75, 3.05) is 0 Å². The summed E-state index contributed by atoms with van der Waals surface area (Å²) in [7, 11) is 0. The van der Waals surface area contributed by atoms with Gasteiger partial charge in [-0.25, -0.2) is 4.68 Å². The van der Waals surface area contributed by atoms with Gasteiger partial charge in [0.25, 0.3) is 0 Å². The Hall–Kier alpha value is -1.39. The molecule has 4 rings (SSSR count). The third kappa shape index (κ3) is 4.18. The molecule has 1 heterocycles. The van der Waals surface area contributed by atoms with Crippen LogP contribution in [0.1, 0.15) is 5.56 Å². The van der Waals surface area contributed by atoms with Crippen molar-refractivity contribution in [3.63, 3.8) is 0 Å². The van der Waals surface area contributed by atoms with Gasteiger partial charge in [0, 0.05) is 26.7 Å². The molecule has 1 aromatic heterocycles. The molecule has 0 N–H and O–H groups in total. The minimum Gasteiger partial charge on any atom is -0.232 e. The van der Waals surface area contributed by atoms with E-state index < -0.39 is 0 Å². The summed E-state index contributed by atoms with van der Waals surface area (Å²) in [5.41, 5.74) is 4.87. The fourth-order valence-electron chi connectivity index (χ4n) is 3.24. The zero-order valence-electron chi connectivity index (χ0n) is 15.4. The van der Waals surface area contributed by atoms with Gasteiger partial charge in [0.05, 0.1) is 37.2 Å². The molecule has 0 saturated carbocycles. The number of halogens is 6. The lowest BCUT2D eigenvalue weighted by Crippen LogP contribution is -2.00. The molecule has 3 aromatic carbocycles. The van der Waals surface area contributed by atoms with E-state index in [1.54, 1.807) is 47.1 Å². The van der Waals surface area contributed by atoms with Gasteiger partial charge in [-0.15, -0.1) is 0 Å². The van der Waals surface area contributed by atoms with Crippen molar-refractivity contribution in [3.8, 4) is 28.2 Å². The summed E-state index contributed by atoms with van der Waals surface area (Å²) in [5, 5.41) is 7.70. The van der Waals surface area contributed by atoms with E-state index in [4.69, 9.17) is 74.7 Å². The van der Waals surface area contributed by atoms with Gasteiger partial charge in [-0.3, -0.25) is 0 Å². The predicted molar refractivity (Wildman–Crippen MR) is 129 cm³/mol. The maximum Gasteiger partial charge on any atom is 0.0963 e. The van der Waals surface area contributed by atoms with Gasteiger partial charge in [-0.2, -0.15) is 5.10 Å². The van der Waals surface area contributed by atoms with Crippen molar-refractivity contribution in [1.29, 1.82) is 0 Å². The van der Waals surface area contributed by atoms with Crippen LogP contribution in [0.15, 0.2) is 54.6 Å². The monoisotopic (exact) mass is 514 g/mol. The molecule has 8 heteroatoms. The normalized spacial score (nSPS) is 11.2. The smallest absolute Gasteiger partial charge is 0.0963 e. The third-order valence-corrected chi connectivity index (χ3v) is 6.51. The lowest BCUT2D eigenvalue weighted by atomic mass is 10.0. The minimum atomic E-state index is 0.446. The maximum absolute atomic E-state index is 6.29. The Balaban J connectivity index is 2.02. The van der Waals surface area contributed by atoms with Crippen LogP contribution in [-0.2, 0) is 0 Å². The minimum absolute atomic E-state index is 0.446. The molecule has 30 heavy (non-hydrogen) atoms. The van der Waals surface area contributed by atoms with Crippen LogP contribution in [0.5, 0.6) is 0 Å². The fraction of sp³-hybridized carbons (Fsp3) is 0.0455. The number of hydrogen-bond donors (Lipinski definition) is 0. The first-order valence-electron chi connectivity index (χ1n) is 8.71. The van der Waals surface area contributed by atoms with Gasteiger partial charge in [0.15, 0.2) is 0 Å². The molecule has 0 fully saturated rings. The molecule has 0 spiro atoms. The molecule has 0 radical (unpaired) electrons. The van der Waals surface area contributed by atoms with Crippen LogP contribution >= 0.6 is 69.6 Å². The molecule has 0 unspecified atom stereocenters. The van der Waals surface area contributed by atoms with Crippen molar-refractivity contribution >= 4 is 69.6 Å². The van der Waals surface area contributed by atoms with Gasteiger partial charge >= 0.3 is 0 Å². The lowest BCUT2D eigenvalue weighted by Gasteiger charge is -2.10. The lowest BCUT2D eigenvalue weighted by molar-refractivity contribution is 0.892. The second kappa shape index (κ2) is 8.63. The van der Waals surface area contributed by atoms with E-state index in [9.17, 15) is 0 Å². The van der Waals surface area contributed by atoms with Crippen LogP contribution in [0.4, 0.5) is 0 Å². The second-order valence-electron chi connectivity index (χ2n) is 6.62. The molecule has 4 aromatic rings. The summed E-state index contributed by atoms with van der Waals surface area (Å²) >= 11 is 37.2. The van der Waals surface area contributed by atoms with Crippen LogP contribution in [0, 0.1) is 6.92 Å². The van der Waals surface area contributed by atoms with Gasteiger partial charge in [0.2, 0.25) is 0 Å². The maximum atomic E-state index is 6.29. The molecule has 0 bridgehead atoms. The molecule has 0 saturated heterocycles. The van der Waals surface area contributed by atoms with Crippen molar-refractivity contribution in [1.82, 2.24) is 9.78 Å². The zero-order valence-corrected chi connectivity index (χ0v) is 19.9. The molecule has 2 nitrogen and oxygen atoms in total. The number of rotatable bonds is 3. The van der Waals surface area contributed by atoms with Crippen molar-refractivity contribution < 1.29 is 0 Å². The first-order chi connectivity index (χ1) is 14.2. The zero-order chi connectivity index (χ0) is 21.6. The fourth-order valence-corrected chi connectivity index (χ4v) is 4.35. The molecular weight excluding hydrogens is 505 g/mol. The van der Waals surface area contributed by atoms with E-state index in [0.717, 1.165) is 28.1 Å². The molecule has 0 aliphatic carbocycles. The quantitative estimate of drug-likeness (QED) is 0.265. The Bertz CT molecular complexity index is 1260. The highest BCUT2D eigenvalue weighted by Gasteiger charge is 2.20.